The van der Waals surface area contributed by atoms with Gasteiger partial charge in [0.25, 0.3) is 0 Å². The Morgan fingerprint density at radius 1 is 1.30 bits per heavy atom. The molecule has 1 spiro atoms. The molecule has 1 aromatic carbocycles. The summed E-state index contributed by atoms with van der Waals surface area (Å²) in [5.74, 6) is -0.276. The predicted octanol–water partition coefficient (Wildman–Crippen LogP) is 2.88. The van der Waals surface area contributed by atoms with E-state index >= 15 is 0 Å². The van der Waals surface area contributed by atoms with Gasteiger partial charge in [0.05, 0.1) is 0 Å². The number of rotatable bonds is 0. The zero-order chi connectivity index (χ0) is 16.6. The fourth-order valence-electron chi connectivity index (χ4n) is 3.33. The normalized spacial score (nSPS) is 23.3. The summed E-state index contributed by atoms with van der Waals surface area (Å²) in [7, 11) is 0. The number of nitrogens with one attached hydrogen (secondary N) is 1. The van der Waals surface area contributed by atoms with Gasteiger partial charge in [0.2, 0.25) is 11.8 Å². The molecule has 2 aliphatic rings. The van der Waals surface area contributed by atoms with Crippen LogP contribution in [0.15, 0.2) is 23.3 Å². The lowest BCUT2D eigenvalue weighted by Gasteiger charge is -2.35. The van der Waals surface area contributed by atoms with Crippen LogP contribution in [0, 0.1) is 6.92 Å². The number of amidine groups is 1. The Balaban J connectivity index is 2.11. The quantitative estimate of drug-likeness (QED) is 0.795. The van der Waals surface area contributed by atoms with Gasteiger partial charge in [0.15, 0.2) is 5.17 Å². The number of fused-ring (bicyclic) bond motifs is 2. The van der Waals surface area contributed by atoms with E-state index in [1.165, 1.54) is 36.7 Å². The van der Waals surface area contributed by atoms with Crippen molar-refractivity contribution in [2.75, 3.05) is 0 Å². The summed E-state index contributed by atoms with van der Waals surface area (Å²) < 4.78 is 0. The zero-order valence-electron chi connectivity index (χ0n) is 13.7. The van der Waals surface area contributed by atoms with Crippen molar-refractivity contribution in [3.05, 3.63) is 34.9 Å². The third kappa shape index (κ3) is 2.87. The molecule has 5 nitrogen and oxygen atoms in total. The Bertz CT molecular complexity index is 701. The van der Waals surface area contributed by atoms with E-state index in [0.29, 0.717) is 5.17 Å². The standard InChI is InChI=1S/C17H21N3O2S/c1-11-7-8-14-6-4-5-9-17(15(14)10-11)20(13(3)22)19-16(23-17)18-12(2)21/h7-8,10H,4-6,9H2,1-3H3,(H,18,19,21). The van der Waals surface area contributed by atoms with E-state index in [0.717, 1.165) is 31.2 Å². The van der Waals surface area contributed by atoms with Gasteiger partial charge in [0, 0.05) is 13.8 Å². The monoisotopic (exact) mass is 331 g/mol. The molecule has 23 heavy (non-hydrogen) atoms. The lowest BCUT2D eigenvalue weighted by molar-refractivity contribution is -0.132. The molecule has 0 saturated heterocycles. The minimum Gasteiger partial charge on any atom is -0.304 e. The number of hydrogen-bond donors (Lipinski definition) is 1. The van der Waals surface area contributed by atoms with Gasteiger partial charge < -0.3 is 5.32 Å². The van der Waals surface area contributed by atoms with Crippen LogP contribution < -0.4 is 5.32 Å². The predicted molar refractivity (Wildman–Crippen MR) is 91.8 cm³/mol. The first-order valence-electron chi connectivity index (χ1n) is 7.88. The van der Waals surface area contributed by atoms with E-state index in [-0.39, 0.29) is 11.8 Å². The first-order chi connectivity index (χ1) is 10.9. The van der Waals surface area contributed by atoms with Crippen molar-refractivity contribution in [1.82, 2.24) is 10.3 Å². The Morgan fingerprint density at radius 2 is 2.09 bits per heavy atom. The second kappa shape index (κ2) is 6.00. The van der Waals surface area contributed by atoms with Crippen molar-refractivity contribution >= 4 is 28.7 Å². The van der Waals surface area contributed by atoms with Crippen LogP contribution in [-0.4, -0.2) is 22.0 Å². The van der Waals surface area contributed by atoms with Gasteiger partial charge in [-0.25, -0.2) is 5.01 Å². The number of benzene rings is 1. The molecular weight excluding hydrogens is 310 g/mol. The Hall–Kier alpha value is -1.82. The van der Waals surface area contributed by atoms with E-state index in [9.17, 15) is 9.59 Å². The third-order valence-electron chi connectivity index (χ3n) is 4.28. The molecule has 1 heterocycles. The SMILES string of the molecule is CC(=O)NC1=NN(C(C)=O)C2(CCCCc3ccc(C)cc32)S1. The Kier molecular flexibility index (Phi) is 4.19. The Morgan fingerprint density at radius 3 is 2.78 bits per heavy atom. The number of carbonyl (C=O) groups excluding carboxylic acids is 2. The van der Waals surface area contributed by atoms with Crippen LogP contribution in [0.25, 0.3) is 0 Å². The summed E-state index contributed by atoms with van der Waals surface area (Å²) in [5.41, 5.74) is 3.59. The van der Waals surface area contributed by atoms with E-state index in [4.69, 9.17) is 0 Å². The summed E-state index contributed by atoms with van der Waals surface area (Å²) >= 11 is 1.49. The zero-order valence-corrected chi connectivity index (χ0v) is 14.5. The van der Waals surface area contributed by atoms with Gasteiger partial charge in [0.1, 0.15) is 4.87 Å². The number of nitrogens with zero attached hydrogens (tertiary/aromatic N) is 2. The molecule has 0 aromatic heterocycles. The molecule has 0 fully saturated rings. The molecule has 1 aliphatic heterocycles. The highest BCUT2D eigenvalue weighted by Crippen LogP contribution is 2.51. The lowest BCUT2D eigenvalue weighted by Crippen LogP contribution is -2.40. The van der Waals surface area contributed by atoms with Crippen LogP contribution in [0.2, 0.25) is 0 Å². The van der Waals surface area contributed by atoms with Crippen molar-refractivity contribution in [3.8, 4) is 0 Å². The second-order valence-electron chi connectivity index (χ2n) is 6.17. The highest BCUT2D eigenvalue weighted by molar-refractivity contribution is 8.14. The molecule has 2 amide bonds. The van der Waals surface area contributed by atoms with Crippen LogP contribution in [0.4, 0.5) is 0 Å². The van der Waals surface area contributed by atoms with Gasteiger partial charge in [-0.15, -0.1) is 5.10 Å². The van der Waals surface area contributed by atoms with Crippen molar-refractivity contribution in [2.45, 2.75) is 51.3 Å². The fourth-order valence-corrected chi connectivity index (χ4v) is 4.77. The molecule has 1 unspecified atom stereocenters. The second-order valence-corrected chi connectivity index (χ2v) is 7.44. The average Bonchev–Trinajstić information content (AvgIpc) is 2.73. The highest BCUT2D eigenvalue weighted by atomic mass is 32.2. The first-order valence-corrected chi connectivity index (χ1v) is 8.70. The van der Waals surface area contributed by atoms with Gasteiger partial charge in [-0.05, 0) is 43.7 Å². The topological polar surface area (TPSA) is 61.8 Å². The van der Waals surface area contributed by atoms with Crippen LogP contribution in [-0.2, 0) is 20.9 Å². The average molecular weight is 331 g/mol. The van der Waals surface area contributed by atoms with Crippen molar-refractivity contribution in [1.29, 1.82) is 0 Å². The summed E-state index contributed by atoms with van der Waals surface area (Å²) in [4.78, 5) is 23.1. The number of thioether (sulfide) groups is 1. The van der Waals surface area contributed by atoms with Crippen molar-refractivity contribution in [3.63, 3.8) is 0 Å². The maximum absolute atomic E-state index is 12.3. The number of aryl methyl sites for hydroxylation is 2. The summed E-state index contributed by atoms with van der Waals surface area (Å²) in [5, 5.41) is 9.21. The van der Waals surface area contributed by atoms with E-state index in [1.54, 1.807) is 5.01 Å². The van der Waals surface area contributed by atoms with Gasteiger partial charge in [-0.2, -0.15) is 0 Å². The number of hydrazone groups is 1. The smallest absolute Gasteiger partial charge is 0.241 e. The molecule has 1 N–H and O–H groups in total. The third-order valence-corrected chi connectivity index (χ3v) is 5.59. The molecular formula is C17H21N3O2S. The summed E-state index contributed by atoms with van der Waals surface area (Å²) in [6.45, 7) is 5.05. The number of hydrogen-bond acceptors (Lipinski definition) is 4. The molecule has 1 aromatic rings. The molecule has 0 radical (unpaired) electrons. The maximum atomic E-state index is 12.3. The fraction of sp³-hybridized carbons (Fsp3) is 0.471. The summed E-state index contributed by atoms with van der Waals surface area (Å²) in [6, 6.07) is 6.44. The van der Waals surface area contributed by atoms with Crippen LogP contribution in [0.1, 0.15) is 49.8 Å². The highest BCUT2D eigenvalue weighted by Gasteiger charge is 2.49. The molecule has 122 valence electrons. The minimum atomic E-state index is -0.540. The van der Waals surface area contributed by atoms with Crippen LogP contribution in [0.3, 0.4) is 0 Å². The maximum Gasteiger partial charge on any atom is 0.241 e. The van der Waals surface area contributed by atoms with E-state index < -0.39 is 4.87 Å². The van der Waals surface area contributed by atoms with Gasteiger partial charge in [-0.1, -0.05) is 35.5 Å². The summed E-state index contributed by atoms with van der Waals surface area (Å²) in [6.07, 6.45) is 3.96. The van der Waals surface area contributed by atoms with Gasteiger partial charge in [-0.3, -0.25) is 9.59 Å². The first kappa shape index (κ1) is 16.1. The van der Waals surface area contributed by atoms with Crippen molar-refractivity contribution in [2.24, 2.45) is 5.10 Å². The van der Waals surface area contributed by atoms with Crippen molar-refractivity contribution < 1.29 is 9.59 Å². The van der Waals surface area contributed by atoms with Crippen LogP contribution in [0.5, 0.6) is 0 Å². The number of amides is 2. The largest absolute Gasteiger partial charge is 0.304 e. The molecule has 0 saturated carbocycles. The molecule has 1 atom stereocenters. The molecule has 1 aliphatic carbocycles. The van der Waals surface area contributed by atoms with E-state index in [2.05, 4.69) is 35.5 Å². The van der Waals surface area contributed by atoms with E-state index in [1.807, 2.05) is 0 Å². The lowest BCUT2D eigenvalue weighted by atomic mass is 9.95. The number of carbonyl (C=O) groups is 2. The molecule has 0 bridgehead atoms. The molecule has 3 rings (SSSR count). The molecule has 6 heteroatoms. The Labute approximate surface area is 140 Å². The minimum absolute atomic E-state index is 0.104. The van der Waals surface area contributed by atoms with Crippen LogP contribution >= 0.6 is 11.8 Å². The van der Waals surface area contributed by atoms with Gasteiger partial charge >= 0.3 is 0 Å².